The topological polar surface area (TPSA) is 92.7 Å². The van der Waals surface area contributed by atoms with Gasteiger partial charge in [0.15, 0.2) is 0 Å². The molecule has 0 fully saturated rings. The Balaban J connectivity index is 3.87. The summed E-state index contributed by atoms with van der Waals surface area (Å²) in [4.78, 5) is 32.1. The van der Waals surface area contributed by atoms with Crippen LogP contribution in [0.1, 0.15) is 27.2 Å². The monoisotopic (exact) mass is 217 g/mol. The lowest BCUT2D eigenvalue weighted by molar-refractivity contribution is -0.156. The summed E-state index contributed by atoms with van der Waals surface area (Å²) in [5.41, 5.74) is -0.649. The Kier molecular flexibility index (Phi) is 4.77. The highest BCUT2D eigenvalue weighted by molar-refractivity contribution is 5.95. The number of esters is 1. The molecule has 0 spiro atoms. The van der Waals surface area contributed by atoms with E-state index in [1.54, 1.807) is 20.8 Å². The second-order valence-electron chi connectivity index (χ2n) is 3.93. The van der Waals surface area contributed by atoms with Gasteiger partial charge in [-0.05, 0) is 20.8 Å². The van der Waals surface area contributed by atoms with Crippen LogP contribution in [0.3, 0.4) is 0 Å². The van der Waals surface area contributed by atoms with Gasteiger partial charge in [0.1, 0.15) is 18.6 Å². The van der Waals surface area contributed by atoms with Crippen LogP contribution in [-0.4, -0.2) is 35.1 Å². The van der Waals surface area contributed by atoms with Crippen LogP contribution in [0.25, 0.3) is 0 Å². The third kappa shape index (κ3) is 8.73. The van der Waals surface area contributed by atoms with Crippen molar-refractivity contribution in [3.05, 3.63) is 0 Å². The summed E-state index contributed by atoms with van der Waals surface area (Å²) in [6.07, 6.45) is -0.468. The van der Waals surface area contributed by atoms with Crippen molar-refractivity contribution in [2.24, 2.45) is 0 Å². The maximum absolute atomic E-state index is 11.1. The number of carboxylic acid groups (broad SMARTS) is 1. The van der Waals surface area contributed by atoms with Crippen LogP contribution in [0.4, 0.5) is 0 Å². The van der Waals surface area contributed by atoms with E-state index in [9.17, 15) is 14.4 Å². The average molecular weight is 217 g/mol. The number of carboxylic acids is 1. The number of hydrogen-bond acceptors (Lipinski definition) is 4. The molecule has 86 valence electrons. The lowest BCUT2D eigenvalue weighted by Gasteiger charge is -2.19. The van der Waals surface area contributed by atoms with E-state index in [0.29, 0.717) is 0 Å². The first kappa shape index (κ1) is 13.4. The first-order valence-corrected chi connectivity index (χ1v) is 4.41. The smallest absolute Gasteiger partial charge is 0.322 e. The third-order valence-corrected chi connectivity index (χ3v) is 1.16. The van der Waals surface area contributed by atoms with Crippen molar-refractivity contribution >= 4 is 17.8 Å². The minimum absolute atomic E-state index is 0.468. The number of nitrogens with one attached hydrogen (secondary N) is 1. The molecule has 0 aliphatic carbocycles. The molecule has 0 aromatic carbocycles. The molecule has 2 N–H and O–H groups in total. The molecule has 0 aliphatic heterocycles. The molecule has 0 unspecified atom stereocenters. The Morgan fingerprint density at radius 2 is 1.80 bits per heavy atom. The van der Waals surface area contributed by atoms with Crippen LogP contribution in [0, 0.1) is 0 Å². The van der Waals surface area contributed by atoms with E-state index >= 15 is 0 Å². The van der Waals surface area contributed by atoms with Crippen molar-refractivity contribution in [2.45, 2.75) is 32.8 Å². The van der Waals surface area contributed by atoms with E-state index in [1.165, 1.54) is 0 Å². The Bertz CT molecular complexity index is 266. The number of carbonyl (C=O) groups excluding carboxylic acids is 2. The van der Waals surface area contributed by atoms with E-state index < -0.39 is 36.4 Å². The van der Waals surface area contributed by atoms with Crippen LogP contribution in [0.5, 0.6) is 0 Å². The predicted molar refractivity (Wildman–Crippen MR) is 51.1 cm³/mol. The van der Waals surface area contributed by atoms with Gasteiger partial charge < -0.3 is 15.2 Å². The van der Waals surface area contributed by atoms with Gasteiger partial charge in [0, 0.05) is 0 Å². The van der Waals surface area contributed by atoms with Gasteiger partial charge in [0.05, 0.1) is 0 Å². The number of hydrogen-bond donors (Lipinski definition) is 2. The average Bonchev–Trinajstić information content (AvgIpc) is 1.96. The predicted octanol–water partition coefficient (Wildman–Crippen LogP) is -0.0810. The fourth-order valence-corrected chi connectivity index (χ4v) is 0.745. The Morgan fingerprint density at radius 3 is 2.20 bits per heavy atom. The summed E-state index contributed by atoms with van der Waals surface area (Å²) in [5.74, 6) is -2.50. The molecule has 0 saturated heterocycles. The minimum atomic E-state index is -1.16. The third-order valence-electron chi connectivity index (χ3n) is 1.16. The molecule has 0 atom stereocenters. The van der Waals surface area contributed by atoms with E-state index in [0.717, 1.165) is 0 Å². The Labute approximate surface area is 87.6 Å². The highest BCUT2D eigenvalue weighted by Crippen LogP contribution is 2.07. The zero-order valence-electron chi connectivity index (χ0n) is 8.99. The first-order valence-electron chi connectivity index (χ1n) is 4.41. The van der Waals surface area contributed by atoms with Crippen molar-refractivity contribution in [3.8, 4) is 0 Å². The van der Waals surface area contributed by atoms with E-state index in [2.05, 4.69) is 5.32 Å². The highest BCUT2D eigenvalue weighted by Gasteiger charge is 2.18. The number of rotatable bonds is 4. The second-order valence-corrected chi connectivity index (χ2v) is 3.93. The molecule has 6 nitrogen and oxygen atoms in total. The van der Waals surface area contributed by atoms with Gasteiger partial charge in [-0.15, -0.1) is 0 Å². The maximum atomic E-state index is 11.1. The van der Waals surface area contributed by atoms with Crippen LogP contribution in [0.2, 0.25) is 0 Å². The normalized spacial score (nSPS) is 10.6. The molecule has 0 radical (unpaired) electrons. The van der Waals surface area contributed by atoms with E-state index in [-0.39, 0.29) is 0 Å². The standard InChI is InChI=1S/C9H15NO5/c1-9(2,3)15-8(14)4-6(11)10-5-7(12)13/h4-5H2,1-3H3,(H,10,11)(H,12,13). The van der Waals surface area contributed by atoms with Crippen molar-refractivity contribution in [3.63, 3.8) is 0 Å². The summed E-state index contributed by atoms with van der Waals surface area (Å²) in [6.45, 7) is 4.54. The number of carbonyl (C=O) groups is 3. The molecule has 0 aromatic heterocycles. The lowest BCUT2D eigenvalue weighted by Crippen LogP contribution is -2.33. The molecule has 6 heteroatoms. The summed E-state index contributed by atoms with van der Waals surface area (Å²) < 4.78 is 4.87. The number of ether oxygens (including phenoxy) is 1. The highest BCUT2D eigenvalue weighted by atomic mass is 16.6. The fraction of sp³-hybridized carbons (Fsp3) is 0.667. The summed E-state index contributed by atoms with van der Waals surface area (Å²) in [6, 6.07) is 0. The Morgan fingerprint density at radius 1 is 1.27 bits per heavy atom. The quantitative estimate of drug-likeness (QED) is 0.507. The zero-order valence-corrected chi connectivity index (χ0v) is 8.99. The lowest BCUT2D eigenvalue weighted by atomic mass is 10.2. The molecule has 0 aromatic rings. The molecule has 0 heterocycles. The van der Waals surface area contributed by atoms with Crippen LogP contribution in [-0.2, 0) is 19.1 Å². The molecular formula is C9H15NO5. The molecular weight excluding hydrogens is 202 g/mol. The van der Waals surface area contributed by atoms with Crippen molar-refractivity contribution in [1.29, 1.82) is 0 Å². The maximum Gasteiger partial charge on any atom is 0.322 e. The van der Waals surface area contributed by atoms with Gasteiger partial charge in [0.25, 0.3) is 0 Å². The summed E-state index contributed by atoms with van der Waals surface area (Å²) >= 11 is 0. The van der Waals surface area contributed by atoms with Crippen LogP contribution < -0.4 is 5.32 Å². The second kappa shape index (κ2) is 5.33. The molecule has 1 amide bonds. The van der Waals surface area contributed by atoms with E-state index in [1.807, 2.05) is 0 Å². The summed E-state index contributed by atoms with van der Waals surface area (Å²) in [5, 5.41) is 10.3. The van der Waals surface area contributed by atoms with Crippen LogP contribution in [0.15, 0.2) is 0 Å². The first-order chi connectivity index (χ1) is 6.70. The molecule has 0 aliphatic rings. The molecule has 0 rings (SSSR count). The van der Waals surface area contributed by atoms with Crippen molar-refractivity contribution in [1.82, 2.24) is 5.32 Å². The zero-order chi connectivity index (χ0) is 12.1. The number of aliphatic carboxylic acids is 1. The van der Waals surface area contributed by atoms with Crippen LogP contribution >= 0.6 is 0 Å². The largest absolute Gasteiger partial charge is 0.480 e. The SMILES string of the molecule is CC(C)(C)OC(=O)CC(=O)NCC(=O)O. The fourth-order valence-electron chi connectivity index (χ4n) is 0.745. The van der Waals surface area contributed by atoms with Gasteiger partial charge in [-0.2, -0.15) is 0 Å². The van der Waals surface area contributed by atoms with Gasteiger partial charge >= 0.3 is 11.9 Å². The van der Waals surface area contributed by atoms with Crippen molar-refractivity contribution < 1.29 is 24.2 Å². The van der Waals surface area contributed by atoms with Gasteiger partial charge in [-0.25, -0.2) is 0 Å². The van der Waals surface area contributed by atoms with Gasteiger partial charge in [-0.3, -0.25) is 14.4 Å². The Hall–Kier alpha value is -1.59. The molecule has 15 heavy (non-hydrogen) atoms. The minimum Gasteiger partial charge on any atom is -0.480 e. The van der Waals surface area contributed by atoms with E-state index in [4.69, 9.17) is 9.84 Å². The van der Waals surface area contributed by atoms with Crippen molar-refractivity contribution in [2.75, 3.05) is 6.54 Å². The number of amides is 1. The molecule has 0 saturated carbocycles. The molecule has 0 bridgehead atoms. The van der Waals surface area contributed by atoms with Gasteiger partial charge in [-0.1, -0.05) is 0 Å². The van der Waals surface area contributed by atoms with Gasteiger partial charge in [0.2, 0.25) is 5.91 Å². The summed E-state index contributed by atoms with van der Waals surface area (Å²) in [7, 11) is 0.